The molecule has 1 aliphatic carbocycles. The average molecular weight is 222 g/mol. The van der Waals surface area contributed by atoms with E-state index < -0.39 is 0 Å². The molecule has 0 amide bonds. The first-order chi connectivity index (χ1) is 7.84. The topological polar surface area (TPSA) is 15.3 Å². The summed E-state index contributed by atoms with van der Waals surface area (Å²) < 4.78 is 0. The number of nitrogens with zero attached hydrogens (tertiary/aromatic N) is 1. The van der Waals surface area contributed by atoms with E-state index in [9.17, 15) is 0 Å². The zero-order valence-electron chi connectivity index (χ0n) is 10.6. The zero-order chi connectivity index (χ0) is 11.0. The molecular formula is C14H26N2. The molecular weight excluding hydrogens is 196 g/mol. The molecule has 0 aromatic heterocycles. The van der Waals surface area contributed by atoms with Gasteiger partial charge in [-0.05, 0) is 51.0 Å². The minimum atomic E-state index is 0.817. The summed E-state index contributed by atoms with van der Waals surface area (Å²) in [6.45, 7) is 6.43. The van der Waals surface area contributed by atoms with Gasteiger partial charge < -0.3 is 5.32 Å². The molecule has 2 nitrogen and oxygen atoms in total. The van der Waals surface area contributed by atoms with E-state index in [0.717, 1.165) is 23.9 Å². The van der Waals surface area contributed by atoms with Crippen molar-refractivity contribution in [2.24, 2.45) is 11.8 Å². The second-order valence-electron chi connectivity index (χ2n) is 6.20. The van der Waals surface area contributed by atoms with Crippen LogP contribution in [-0.4, -0.2) is 36.6 Å². The SMILES string of the molecule is CC(C1CCCC1)N1C[C@@H]2CCCN[C@@H]2C1. The molecule has 1 saturated carbocycles. The first-order valence-corrected chi connectivity index (χ1v) is 7.32. The summed E-state index contributed by atoms with van der Waals surface area (Å²) in [5, 5.41) is 3.71. The van der Waals surface area contributed by atoms with E-state index in [2.05, 4.69) is 17.1 Å². The summed E-state index contributed by atoms with van der Waals surface area (Å²) in [6, 6.07) is 1.66. The van der Waals surface area contributed by atoms with Crippen molar-refractivity contribution in [1.29, 1.82) is 0 Å². The van der Waals surface area contributed by atoms with Gasteiger partial charge in [-0.3, -0.25) is 4.90 Å². The van der Waals surface area contributed by atoms with Crippen molar-refractivity contribution in [2.45, 2.75) is 57.5 Å². The third-order valence-electron chi connectivity index (χ3n) is 5.29. The summed E-state index contributed by atoms with van der Waals surface area (Å²) >= 11 is 0. The van der Waals surface area contributed by atoms with Crippen molar-refractivity contribution in [3.05, 3.63) is 0 Å². The Morgan fingerprint density at radius 2 is 1.88 bits per heavy atom. The van der Waals surface area contributed by atoms with Gasteiger partial charge in [-0.25, -0.2) is 0 Å². The Kier molecular flexibility index (Phi) is 3.21. The van der Waals surface area contributed by atoms with Crippen molar-refractivity contribution in [3.63, 3.8) is 0 Å². The highest BCUT2D eigenvalue weighted by molar-refractivity contribution is 4.95. The van der Waals surface area contributed by atoms with Crippen LogP contribution in [-0.2, 0) is 0 Å². The molecule has 3 fully saturated rings. The molecule has 2 heterocycles. The smallest absolute Gasteiger partial charge is 0.0235 e. The summed E-state index contributed by atoms with van der Waals surface area (Å²) in [5.74, 6) is 1.96. The van der Waals surface area contributed by atoms with Gasteiger partial charge in [-0.2, -0.15) is 0 Å². The number of hydrogen-bond donors (Lipinski definition) is 1. The third kappa shape index (κ3) is 2.02. The van der Waals surface area contributed by atoms with Crippen LogP contribution in [0, 0.1) is 11.8 Å². The first kappa shape index (κ1) is 11.0. The second-order valence-corrected chi connectivity index (χ2v) is 6.20. The lowest BCUT2D eigenvalue weighted by atomic mass is 9.94. The van der Waals surface area contributed by atoms with Crippen LogP contribution < -0.4 is 5.32 Å². The molecule has 1 unspecified atom stereocenters. The third-order valence-corrected chi connectivity index (χ3v) is 5.29. The Bertz CT molecular complexity index is 221. The van der Waals surface area contributed by atoms with Gasteiger partial charge in [0.2, 0.25) is 0 Å². The Morgan fingerprint density at radius 1 is 1.06 bits per heavy atom. The maximum atomic E-state index is 3.71. The van der Waals surface area contributed by atoms with Crippen LogP contribution in [0.25, 0.3) is 0 Å². The molecule has 0 bridgehead atoms. The minimum absolute atomic E-state index is 0.817. The second kappa shape index (κ2) is 4.66. The number of fused-ring (bicyclic) bond motifs is 1. The highest BCUT2D eigenvalue weighted by Crippen LogP contribution is 2.34. The van der Waals surface area contributed by atoms with Crippen molar-refractivity contribution >= 4 is 0 Å². The van der Waals surface area contributed by atoms with Gasteiger partial charge in [0.25, 0.3) is 0 Å². The molecule has 0 spiro atoms. The van der Waals surface area contributed by atoms with Gasteiger partial charge in [0, 0.05) is 25.2 Å². The molecule has 2 heteroatoms. The van der Waals surface area contributed by atoms with Crippen molar-refractivity contribution < 1.29 is 0 Å². The molecule has 92 valence electrons. The van der Waals surface area contributed by atoms with Gasteiger partial charge in [0.15, 0.2) is 0 Å². The number of nitrogens with one attached hydrogen (secondary N) is 1. The van der Waals surface area contributed by atoms with E-state index in [0.29, 0.717) is 0 Å². The molecule has 3 aliphatic rings. The quantitative estimate of drug-likeness (QED) is 0.771. The molecule has 16 heavy (non-hydrogen) atoms. The van der Waals surface area contributed by atoms with Crippen LogP contribution in [0.15, 0.2) is 0 Å². The predicted molar refractivity (Wildman–Crippen MR) is 67.5 cm³/mol. The molecule has 2 saturated heterocycles. The standard InChI is InChI=1S/C14H26N2/c1-11(12-5-2-3-6-12)16-9-13-7-4-8-15-14(13)10-16/h11-15H,2-10H2,1H3/t11?,13-,14+/m0/s1. The van der Waals surface area contributed by atoms with E-state index in [1.165, 1.54) is 58.2 Å². The van der Waals surface area contributed by atoms with E-state index in [-0.39, 0.29) is 0 Å². The van der Waals surface area contributed by atoms with Crippen molar-refractivity contribution in [1.82, 2.24) is 10.2 Å². The summed E-state index contributed by atoms with van der Waals surface area (Å²) in [7, 11) is 0. The maximum absolute atomic E-state index is 3.71. The van der Waals surface area contributed by atoms with Crippen LogP contribution in [0.1, 0.15) is 45.4 Å². The van der Waals surface area contributed by atoms with Crippen LogP contribution >= 0.6 is 0 Å². The Hall–Kier alpha value is -0.0800. The highest BCUT2D eigenvalue weighted by Gasteiger charge is 2.38. The lowest BCUT2D eigenvalue weighted by molar-refractivity contribution is 0.183. The lowest BCUT2D eigenvalue weighted by Gasteiger charge is -2.29. The minimum Gasteiger partial charge on any atom is -0.312 e. The molecule has 0 aromatic rings. The fourth-order valence-corrected chi connectivity index (χ4v) is 4.15. The summed E-state index contributed by atoms with van der Waals surface area (Å²) in [6.07, 6.45) is 8.79. The highest BCUT2D eigenvalue weighted by atomic mass is 15.2. The maximum Gasteiger partial charge on any atom is 0.0235 e. The number of likely N-dealkylation sites (tertiary alicyclic amines) is 1. The fraction of sp³-hybridized carbons (Fsp3) is 1.00. The summed E-state index contributed by atoms with van der Waals surface area (Å²) in [5.41, 5.74) is 0. The molecule has 0 radical (unpaired) electrons. The monoisotopic (exact) mass is 222 g/mol. The van der Waals surface area contributed by atoms with E-state index in [4.69, 9.17) is 0 Å². The van der Waals surface area contributed by atoms with Gasteiger partial charge in [-0.15, -0.1) is 0 Å². The molecule has 3 rings (SSSR count). The summed E-state index contributed by atoms with van der Waals surface area (Å²) in [4.78, 5) is 2.78. The van der Waals surface area contributed by atoms with Crippen LogP contribution in [0.3, 0.4) is 0 Å². The largest absolute Gasteiger partial charge is 0.312 e. The molecule has 1 N–H and O–H groups in total. The number of hydrogen-bond acceptors (Lipinski definition) is 2. The molecule has 3 atom stereocenters. The van der Waals surface area contributed by atoms with Crippen LogP contribution in [0.4, 0.5) is 0 Å². The van der Waals surface area contributed by atoms with Gasteiger partial charge in [0.1, 0.15) is 0 Å². The fourth-order valence-electron chi connectivity index (χ4n) is 4.15. The van der Waals surface area contributed by atoms with Gasteiger partial charge in [0.05, 0.1) is 0 Å². The first-order valence-electron chi connectivity index (χ1n) is 7.32. The van der Waals surface area contributed by atoms with E-state index >= 15 is 0 Å². The normalized spacial score (nSPS) is 38.8. The van der Waals surface area contributed by atoms with Gasteiger partial charge in [-0.1, -0.05) is 12.8 Å². The van der Waals surface area contributed by atoms with Crippen LogP contribution in [0.5, 0.6) is 0 Å². The van der Waals surface area contributed by atoms with Crippen molar-refractivity contribution in [2.75, 3.05) is 19.6 Å². The number of piperidine rings is 1. The van der Waals surface area contributed by atoms with E-state index in [1.807, 2.05) is 0 Å². The Balaban J connectivity index is 1.59. The zero-order valence-corrected chi connectivity index (χ0v) is 10.6. The predicted octanol–water partition coefficient (Wildman–Crippen LogP) is 2.25. The van der Waals surface area contributed by atoms with Gasteiger partial charge >= 0.3 is 0 Å². The Morgan fingerprint density at radius 3 is 2.62 bits per heavy atom. The average Bonchev–Trinajstić information content (AvgIpc) is 2.97. The molecule has 0 aromatic carbocycles. The molecule has 2 aliphatic heterocycles. The lowest BCUT2D eigenvalue weighted by Crippen LogP contribution is -2.41. The number of rotatable bonds is 2. The Labute approximate surface area is 99.8 Å². The van der Waals surface area contributed by atoms with E-state index in [1.54, 1.807) is 0 Å². The van der Waals surface area contributed by atoms with Crippen LogP contribution in [0.2, 0.25) is 0 Å². The van der Waals surface area contributed by atoms with Crippen molar-refractivity contribution in [3.8, 4) is 0 Å².